The van der Waals surface area contributed by atoms with Crippen molar-refractivity contribution in [3.63, 3.8) is 0 Å². The molecule has 2 rings (SSSR count). The van der Waals surface area contributed by atoms with E-state index >= 15 is 0 Å². The standard InChI is InChI=1S/C11H7Cl2F3O3.ClH/c12-10(13)5-9(10,8(17)18)6-1-3-7(4-2-6)19-11(14,15)16;/h1-4H,5H2,(H,17,18);1H. The lowest BCUT2D eigenvalue weighted by atomic mass is 9.96. The van der Waals surface area contributed by atoms with Gasteiger partial charge in [-0.15, -0.1) is 25.6 Å². The van der Waals surface area contributed by atoms with Crippen LogP contribution in [0.4, 0.5) is 13.2 Å². The second-order valence-electron chi connectivity index (χ2n) is 4.16. The van der Waals surface area contributed by atoms with Crippen LogP contribution < -0.4 is 4.74 Å². The summed E-state index contributed by atoms with van der Waals surface area (Å²) >= 11 is 11.6. The van der Waals surface area contributed by atoms with Gasteiger partial charge in [0, 0.05) is 6.42 Å². The highest BCUT2D eigenvalue weighted by molar-refractivity contribution is 6.54. The lowest BCUT2D eigenvalue weighted by molar-refractivity contribution is -0.274. The highest BCUT2D eigenvalue weighted by Crippen LogP contribution is 2.65. The minimum absolute atomic E-state index is 0. The van der Waals surface area contributed by atoms with E-state index in [0.717, 1.165) is 12.1 Å². The molecule has 112 valence electrons. The van der Waals surface area contributed by atoms with Gasteiger partial charge in [-0.1, -0.05) is 35.3 Å². The Hall–Kier alpha value is -0.850. The fourth-order valence-electron chi connectivity index (χ4n) is 1.90. The van der Waals surface area contributed by atoms with E-state index in [4.69, 9.17) is 28.3 Å². The van der Waals surface area contributed by atoms with E-state index in [9.17, 15) is 18.0 Å². The summed E-state index contributed by atoms with van der Waals surface area (Å²) in [6.45, 7) is 0. The van der Waals surface area contributed by atoms with Gasteiger partial charge in [-0.05, 0) is 17.7 Å². The van der Waals surface area contributed by atoms with Gasteiger partial charge in [-0.25, -0.2) is 0 Å². The third-order valence-electron chi connectivity index (χ3n) is 2.93. The number of ether oxygens (including phenoxy) is 1. The first-order valence-electron chi connectivity index (χ1n) is 5.06. The number of carboxylic acids is 1. The zero-order valence-electron chi connectivity index (χ0n) is 9.58. The van der Waals surface area contributed by atoms with Gasteiger partial charge >= 0.3 is 12.3 Å². The largest absolute Gasteiger partial charge is 0.573 e. The molecule has 1 aliphatic rings. The summed E-state index contributed by atoms with van der Waals surface area (Å²) < 4.78 is 38.2. The maximum atomic E-state index is 12.0. The number of carboxylic acid groups (broad SMARTS) is 1. The smallest absolute Gasteiger partial charge is 0.480 e. The van der Waals surface area contributed by atoms with E-state index in [1.807, 2.05) is 0 Å². The summed E-state index contributed by atoms with van der Waals surface area (Å²) in [6, 6.07) is 4.47. The number of benzene rings is 1. The Balaban J connectivity index is 0.00000200. The minimum atomic E-state index is -4.80. The molecule has 3 nitrogen and oxygen atoms in total. The first-order valence-corrected chi connectivity index (χ1v) is 5.82. The van der Waals surface area contributed by atoms with Crippen LogP contribution >= 0.6 is 35.6 Å². The van der Waals surface area contributed by atoms with Crippen molar-refractivity contribution in [1.29, 1.82) is 0 Å². The van der Waals surface area contributed by atoms with Crippen LogP contribution in [0.5, 0.6) is 5.75 Å². The van der Waals surface area contributed by atoms with E-state index < -0.39 is 27.8 Å². The molecule has 0 aromatic heterocycles. The molecule has 9 heteroatoms. The summed E-state index contributed by atoms with van der Waals surface area (Å²) in [5, 5.41) is 9.17. The fraction of sp³-hybridized carbons (Fsp3) is 0.364. The van der Waals surface area contributed by atoms with Gasteiger partial charge in [0.25, 0.3) is 0 Å². The molecule has 1 N–H and O–H groups in total. The van der Waals surface area contributed by atoms with Gasteiger partial charge in [-0.3, -0.25) is 4.79 Å². The van der Waals surface area contributed by atoms with E-state index in [2.05, 4.69) is 4.74 Å². The SMILES string of the molecule is Cl.O=C(O)C1(c2ccc(OC(F)(F)F)cc2)CC1(Cl)Cl. The average Bonchev–Trinajstić information content (AvgIpc) is 2.82. The third kappa shape index (κ3) is 2.92. The normalized spacial score (nSPS) is 23.6. The second kappa shape index (κ2) is 5.16. The Morgan fingerprint density at radius 1 is 1.25 bits per heavy atom. The number of carbonyl (C=O) groups is 1. The van der Waals surface area contributed by atoms with Crippen molar-refractivity contribution in [2.75, 3.05) is 0 Å². The third-order valence-corrected chi connectivity index (χ3v) is 3.84. The first kappa shape index (κ1) is 17.2. The second-order valence-corrected chi connectivity index (χ2v) is 5.65. The molecular formula is C11H8Cl3F3O3. The van der Waals surface area contributed by atoms with Crippen LogP contribution in [-0.4, -0.2) is 21.8 Å². The molecule has 0 heterocycles. The van der Waals surface area contributed by atoms with Gasteiger partial charge in [-0.2, -0.15) is 0 Å². The van der Waals surface area contributed by atoms with Crippen molar-refractivity contribution in [2.45, 2.75) is 22.5 Å². The summed E-state index contributed by atoms with van der Waals surface area (Å²) in [4.78, 5) is 11.2. The molecule has 0 aliphatic heterocycles. The zero-order chi connectivity index (χ0) is 14.5. The van der Waals surface area contributed by atoms with Gasteiger partial charge in [0.05, 0.1) is 0 Å². The molecule has 1 fully saturated rings. The van der Waals surface area contributed by atoms with Crippen LogP contribution in [0.1, 0.15) is 12.0 Å². The molecule has 0 saturated heterocycles. The number of aliphatic carboxylic acids is 1. The molecule has 1 unspecified atom stereocenters. The maximum absolute atomic E-state index is 12.0. The Labute approximate surface area is 128 Å². The number of rotatable bonds is 3. The van der Waals surface area contributed by atoms with E-state index in [1.165, 1.54) is 12.1 Å². The molecular weight excluding hydrogens is 343 g/mol. The minimum Gasteiger partial charge on any atom is -0.480 e. The lowest BCUT2D eigenvalue weighted by Gasteiger charge is -2.14. The summed E-state index contributed by atoms with van der Waals surface area (Å²) in [7, 11) is 0. The summed E-state index contributed by atoms with van der Waals surface area (Å²) in [5.74, 6) is -1.66. The predicted octanol–water partition coefficient (Wildman–Crippen LogP) is 3.91. The van der Waals surface area contributed by atoms with Crippen molar-refractivity contribution in [1.82, 2.24) is 0 Å². The van der Waals surface area contributed by atoms with Crippen LogP contribution in [0, 0.1) is 0 Å². The molecule has 0 spiro atoms. The van der Waals surface area contributed by atoms with Crippen molar-refractivity contribution >= 4 is 41.6 Å². The van der Waals surface area contributed by atoms with E-state index in [0.29, 0.717) is 0 Å². The zero-order valence-corrected chi connectivity index (χ0v) is 11.9. The topological polar surface area (TPSA) is 46.5 Å². The molecule has 0 amide bonds. The monoisotopic (exact) mass is 350 g/mol. The van der Waals surface area contributed by atoms with Crippen molar-refractivity contribution in [3.8, 4) is 5.75 Å². The van der Waals surface area contributed by atoms with Gasteiger partial charge < -0.3 is 9.84 Å². The Morgan fingerprint density at radius 2 is 1.70 bits per heavy atom. The Bertz CT molecular complexity index is 516. The number of hydrogen-bond acceptors (Lipinski definition) is 2. The fourth-order valence-corrected chi connectivity index (χ4v) is 2.68. The highest BCUT2D eigenvalue weighted by Gasteiger charge is 2.72. The summed E-state index contributed by atoms with van der Waals surface area (Å²) in [5.41, 5.74) is -1.24. The quantitative estimate of drug-likeness (QED) is 0.840. The molecule has 1 aromatic rings. The van der Waals surface area contributed by atoms with Gasteiger partial charge in [0.1, 0.15) is 15.5 Å². The number of halogens is 6. The molecule has 1 atom stereocenters. The Morgan fingerprint density at radius 3 is 2.00 bits per heavy atom. The number of alkyl halides is 5. The molecule has 1 aliphatic carbocycles. The van der Waals surface area contributed by atoms with Crippen molar-refractivity contribution in [2.24, 2.45) is 0 Å². The molecule has 0 bridgehead atoms. The number of hydrogen-bond donors (Lipinski definition) is 1. The van der Waals surface area contributed by atoms with Gasteiger partial charge in [0.2, 0.25) is 0 Å². The van der Waals surface area contributed by atoms with Crippen LogP contribution in [-0.2, 0) is 10.2 Å². The molecule has 0 radical (unpaired) electrons. The van der Waals surface area contributed by atoms with Crippen molar-refractivity contribution < 1.29 is 27.8 Å². The highest BCUT2D eigenvalue weighted by atomic mass is 35.5. The predicted molar refractivity (Wildman–Crippen MR) is 68.7 cm³/mol. The molecule has 1 aromatic carbocycles. The van der Waals surface area contributed by atoms with Crippen molar-refractivity contribution in [3.05, 3.63) is 29.8 Å². The average molecular weight is 352 g/mol. The molecule has 20 heavy (non-hydrogen) atoms. The lowest BCUT2D eigenvalue weighted by Crippen LogP contribution is -2.26. The van der Waals surface area contributed by atoms with E-state index in [-0.39, 0.29) is 24.4 Å². The van der Waals surface area contributed by atoms with Crippen LogP contribution in [0.25, 0.3) is 0 Å². The molecule has 1 saturated carbocycles. The van der Waals surface area contributed by atoms with Crippen LogP contribution in [0.15, 0.2) is 24.3 Å². The van der Waals surface area contributed by atoms with E-state index in [1.54, 1.807) is 0 Å². The van der Waals surface area contributed by atoms with Gasteiger partial charge in [0.15, 0.2) is 0 Å². The Kier molecular flexibility index (Phi) is 4.44. The summed E-state index contributed by atoms with van der Waals surface area (Å²) in [6.07, 6.45) is -4.80. The first-order chi connectivity index (χ1) is 8.58. The van der Waals surface area contributed by atoms with Crippen LogP contribution in [0.3, 0.4) is 0 Å². The maximum Gasteiger partial charge on any atom is 0.573 e. The van der Waals surface area contributed by atoms with Crippen LogP contribution in [0.2, 0.25) is 0 Å².